The molecular weight excluding hydrogens is 256 g/mol. The molecule has 1 fully saturated rings. The Morgan fingerprint density at radius 3 is 2.65 bits per heavy atom. The third kappa shape index (κ3) is 3.21. The molecule has 1 aromatic rings. The number of thiophene rings is 1. The van der Waals surface area contributed by atoms with Gasteiger partial charge < -0.3 is 10.2 Å². The summed E-state index contributed by atoms with van der Waals surface area (Å²) in [5.41, 5.74) is 1.26. The van der Waals surface area contributed by atoms with E-state index >= 15 is 0 Å². The molecule has 0 aliphatic carbocycles. The number of carbonyl (C=O) groups excluding carboxylic acids is 1. The molecule has 0 unspecified atom stereocenters. The number of rotatable bonds is 2. The van der Waals surface area contributed by atoms with Crippen LogP contribution in [0, 0.1) is 6.92 Å². The summed E-state index contributed by atoms with van der Waals surface area (Å²) in [4.78, 5) is 16.4. The van der Waals surface area contributed by atoms with Crippen molar-refractivity contribution in [2.45, 2.75) is 20.3 Å². The van der Waals surface area contributed by atoms with Crippen molar-refractivity contribution >= 4 is 29.7 Å². The van der Waals surface area contributed by atoms with Gasteiger partial charge in [0.15, 0.2) is 0 Å². The van der Waals surface area contributed by atoms with Crippen LogP contribution in [0.25, 0.3) is 0 Å². The van der Waals surface area contributed by atoms with E-state index in [0.29, 0.717) is 0 Å². The average molecular weight is 275 g/mol. The van der Waals surface area contributed by atoms with Crippen LogP contribution in [-0.4, -0.2) is 37.0 Å². The van der Waals surface area contributed by atoms with Gasteiger partial charge in [-0.1, -0.05) is 6.92 Å². The summed E-state index contributed by atoms with van der Waals surface area (Å²) < 4.78 is 0. The molecule has 1 N–H and O–H groups in total. The summed E-state index contributed by atoms with van der Waals surface area (Å²) in [5.74, 6) is 0.203. The quantitative estimate of drug-likeness (QED) is 0.896. The summed E-state index contributed by atoms with van der Waals surface area (Å²) in [5, 5.41) is 3.26. The number of hydrogen-bond donors (Lipinski definition) is 1. The predicted molar refractivity (Wildman–Crippen MR) is 74.5 cm³/mol. The third-order valence-electron chi connectivity index (χ3n) is 2.96. The van der Waals surface area contributed by atoms with Crippen LogP contribution in [0.15, 0.2) is 6.07 Å². The van der Waals surface area contributed by atoms with Crippen molar-refractivity contribution in [3.8, 4) is 0 Å². The highest BCUT2D eigenvalue weighted by Gasteiger charge is 2.20. The molecule has 1 aromatic heterocycles. The standard InChI is InChI=1S/C12H18N2OS.ClH/c1-3-10-9(2)8-11(16-10)12(15)14-6-4-13-5-7-14;/h8,13H,3-7H2,1-2H3;1H. The molecular formula is C12H19ClN2OS. The Morgan fingerprint density at radius 2 is 2.12 bits per heavy atom. The molecule has 0 aromatic carbocycles. The van der Waals surface area contributed by atoms with Crippen LogP contribution in [0.2, 0.25) is 0 Å². The van der Waals surface area contributed by atoms with E-state index < -0.39 is 0 Å². The van der Waals surface area contributed by atoms with E-state index in [4.69, 9.17) is 0 Å². The molecule has 1 amide bonds. The zero-order chi connectivity index (χ0) is 11.5. The van der Waals surface area contributed by atoms with E-state index in [1.165, 1.54) is 10.4 Å². The molecule has 0 radical (unpaired) electrons. The summed E-state index contributed by atoms with van der Waals surface area (Å²) in [6, 6.07) is 2.04. The van der Waals surface area contributed by atoms with Crippen molar-refractivity contribution < 1.29 is 4.79 Å². The van der Waals surface area contributed by atoms with Gasteiger partial charge in [0.25, 0.3) is 5.91 Å². The summed E-state index contributed by atoms with van der Waals surface area (Å²) >= 11 is 1.65. The van der Waals surface area contributed by atoms with E-state index in [0.717, 1.165) is 37.5 Å². The van der Waals surface area contributed by atoms with Crippen LogP contribution in [-0.2, 0) is 6.42 Å². The van der Waals surface area contributed by atoms with Crippen molar-refractivity contribution in [1.29, 1.82) is 0 Å². The Labute approximate surface area is 113 Å². The Morgan fingerprint density at radius 1 is 1.47 bits per heavy atom. The minimum Gasteiger partial charge on any atom is -0.335 e. The maximum Gasteiger partial charge on any atom is 0.264 e. The fraction of sp³-hybridized carbons (Fsp3) is 0.583. The van der Waals surface area contributed by atoms with E-state index in [9.17, 15) is 4.79 Å². The molecule has 0 atom stereocenters. The number of amides is 1. The highest BCUT2D eigenvalue weighted by molar-refractivity contribution is 7.14. The maximum absolute atomic E-state index is 12.2. The monoisotopic (exact) mass is 274 g/mol. The lowest BCUT2D eigenvalue weighted by molar-refractivity contribution is 0.0740. The second-order valence-corrected chi connectivity index (χ2v) is 5.25. The van der Waals surface area contributed by atoms with Gasteiger partial charge in [0.2, 0.25) is 0 Å². The minimum absolute atomic E-state index is 0. The Kier molecular flexibility index (Phi) is 5.43. The minimum atomic E-state index is 0. The van der Waals surface area contributed by atoms with Gasteiger partial charge in [-0.05, 0) is 25.0 Å². The number of aryl methyl sites for hydroxylation is 2. The molecule has 1 aliphatic heterocycles. The van der Waals surface area contributed by atoms with E-state index in [2.05, 4.69) is 19.2 Å². The van der Waals surface area contributed by atoms with E-state index in [1.54, 1.807) is 11.3 Å². The molecule has 0 spiro atoms. The predicted octanol–water partition coefficient (Wildman–Crippen LogP) is 2.09. The van der Waals surface area contributed by atoms with E-state index in [1.807, 2.05) is 11.0 Å². The largest absolute Gasteiger partial charge is 0.335 e. The molecule has 0 saturated carbocycles. The zero-order valence-corrected chi connectivity index (χ0v) is 11.9. The lowest BCUT2D eigenvalue weighted by atomic mass is 10.2. The van der Waals surface area contributed by atoms with Crippen LogP contribution in [0.3, 0.4) is 0 Å². The molecule has 2 heterocycles. The second kappa shape index (κ2) is 6.38. The van der Waals surface area contributed by atoms with Crippen molar-refractivity contribution in [3.05, 3.63) is 21.4 Å². The summed E-state index contributed by atoms with van der Waals surface area (Å²) in [6.07, 6.45) is 1.02. The first-order chi connectivity index (χ1) is 7.72. The zero-order valence-electron chi connectivity index (χ0n) is 10.3. The number of halogens is 1. The number of nitrogens with one attached hydrogen (secondary N) is 1. The highest BCUT2D eigenvalue weighted by atomic mass is 35.5. The summed E-state index contributed by atoms with van der Waals surface area (Å²) in [6.45, 7) is 7.71. The van der Waals surface area contributed by atoms with Crippen molar-refractivity contribution in [2.24, 2.45) is 0 Å². The van der Waals surface area contributed by atoms with Crippen LogP contribution in [0.1, 0.15) is 27.0 Å². The smallest absolute Gasteiger partial charge is 0.264 e. The fourth-order valence-corrected chi connectivity index (χ4v) is 3.08. The third-order valence-corrected chi connectivity index (χ3v) is 4.33. The summed E-state index contributed by atoms with van der Waals surface area (Å²) in [7, 11) is 0. The van der Waals surface area contributed by atoms with Gasteiger partial charge in [0, 0.05) is 31.1 Å². The number of nitrogens with zero attached hydrogens (tertiary/aromatic N) is 1. The van der Waals surface area contributed by atoms with Gasteiger partial charge in [-0.2, -0.15) is 0 Å². The second-order valence-electron chi connectivity index (χ2n) is 4.11. The van der Waals surface area contributed by atoms with Gasteiger partial charge in [0.1, 0.15) is 0 Å². The van der Waals surface area contributed by atoms with Crippen molar-refractivity contribution in [3.63, 3.8) is 0 Å². The Balaban J connectivity index is 0.00000144. The van der Waals surface area contributed by atoms with Gasteiger partial charge in [-0.25, -0.2) is 0 Å². The van der Waals surface area contributed by atoms with Gasteiger partial charge >= 0.3 is 0 Å². The first kappa shape index (κ1) is 14.5. The molecule has 5 heteroatoms. The highest BCUT2D eigenvalue weighted by Crippen LogP contribution is 2.23. The van der Waals surface area contributed by atoms with Crippen LogP contribution in [0.5, 0.6) is 0 Å². The molecule has 17 heavy (non-hydrogen) atoms. The van der Waals surface area contributed by atoms with Crippen LogP contribution >= 0.6 is 23.7 Å². The first-order valence-corrected chi connectivity index (χ1v) is 6.63. The van der Waals surface area contributed by atoms with Crippen LogP contribution in [0.4, 0.5) is 0 Å². The molecule has 1 aliphatic rings. The normalized spacial score (nSPS) is 15.5. The Hall–Kier alpha value is -0.580. The maximum atomic E-state index is 12.2. The lowest BCUT2D eigenvalue weighted by Gasteiger charge is -2.26. The van der Waals surface area contributed by atoms with Crippen LogP contribution < -0.4 is 5.32 Å². The van der Waals surface area contributed by atoms with Gasteiger partial charge in [-0.15, -0.1) is 23.7 Å². The molecule has 0 bridgehead atoms. The number of piperazine rings is 1. The van der Waals surface area contributed by atoms with E-state index in [-0.39, 0.29) is 18.3 Å². The lowest BCUT2D eigenvalue weighted by Crippen LogP contribution is -2.46. The fourth-order valence-electron chi connectivity index (χ4n) is 2.00. The SMILES string of the molecule is CCc1sc(C(=O)N2CCNCC2)cc1C.Cl. The van der Waals surface area contributed by atoms with Gasteiger partial charge in [0.05, 0.1) is 4.88 Å². The molecule has 96 valence electrons. The average Bonchev–Trinajstić information content (AvgIpc) is 2.71. The van der Waals surface area contributed by atoms with Crippen molar-refractivity contribution in [1.82, 2.24) is 10.2 Å². The first-order valence-electron chi connectivity index (χ1n) is 5.81. The number of carbonyl (C=O) groups is 1. The Bertz CT molecular complexity index is 386. The molecule has 2 rings (SSSR count). The van der Waals surface area contributed by atoms with Crippen molar-refractivity contribution in [2.75, 3.05) is 26.2 Å². The number of hydrogen-bond acceptors (Lipinski definition) is 3. The molecule has 3 nitrogen and oxygen atoms in total. The molecule has 1 saturated heterocycles. The van der Waals surface area contributed by atoms with Gasteiger partial charge in [-0.3, -0.25) is 4.79 Å². The topological polar surface area (TPSA) is 32.3 Å².